The molecule has 0 radical (unpaired) electrons. The number of benzene rings is 2. The summed E-state index contributed by atoms with van der Waals surface area (Å²) < 4.78 is 42.9. The van der Waals surface area contributed by atoms with Crippen LogP contribution < -0.4 is 4.74 Å². The Balaban J connectivity index is 2.15. The highest BCUT2D eigenvalue weighted by Crippen LogP contribution is 2.38. The van der Waals surface area contributed by atoms with Crippen LogP contribution in [-0.2, 0) is 18.2 Å². The quantitative estimate of drug-likeness (QED) is 0.301. The van der Waals surface area contributed by atoms with Gasteiger partial charge >= 0.3 is 0 Å². The van der Waals surface area contributed by atoms with Crippen molar-refractivity contribution in [3.8, 4) is 11.6 Å². The molecule has 0 fully saturated rings. The second-order valence-electron chi connectivity index (χ2n) is 10.4. The molecule has 0 spiro atoms. The van der Waals surface area contributed by atoms with Gasteiger partial charge in [0.15, 0.2) is 0 Å². The van der Waals surface area contributed by atoms with E-state index in [2.05, 4.69) is 31.4 Å². The molecule has 0 saturated heterocycles. The largest absolute Gasteiger partial charge is 0.496 e. The maximum Gasteiger partial charge on any atom is 0.137 e. The molecule has 2 heterocycles. The Bertz CT molecular complexity index is 1460. The van der Waals surface area contributed by atoms with Crippen molar-refractivity contribution in [2.75, 3.05) is 7.11 Å². The SMILES string of the molecule is [2H]C([2H])(c1ccc2c(c1)c1cc(C([2H])([2H])C(C)C)c(OC)cc1n2-c1cc(C(C)(C)C)ccn1)C(C)C. The highest BCUT2D eigenvalue weighted by molar-refractivity contribution is 6.10. The number of aromatic nitrogens is 2. The lowest BCUT2D eigenvalue weighted by molar-refractivity contribution is 0.407. The highest BCUT2D eigenvalue weighted by atomic mass is 16.5. The molecule has 4 aromatic rings. The average molecular weight is 447 g/mol. The van der Waals surface area contributed by atoms with Crippen molar-refractivity contribution in [1.82, 2.24) is 9.55 Å². The Labute approximate surface area is 204 Å². The molecule has 0 bridgehead atoms. The zero-order valence-electron chi connectivity index (χ0n) is 25.1. The molecule has 2 aromatic carbocycles. The van der Waals surface area contributed by atoms with Crippen molar-refractivity contribution in [2.24, 2.45) is 11.8 Å². The van der Waals surface area contributed by atoms with Crippen LogP contribution in [0.25, 0.3) is 27.6 Å². The van der Waals surface area contributed by atoms with E-state index in [0.29, 0.717) is 16.9 Å². The minimum Gasteiger partial charge on any atom is -0.496 e. The molecule has 0 aliphatic carbocycles. The number of nitrogens with zero attached hydrogens (tertiary/aromatic N) is 2. The smallest absolute Gasteiger partial charge is 0.137 e. The number of ether oxygens (including phenoxy) is 1. The number of rotatable bonds is 6. The number of hydrogen-bond acceptors (Lipinski definition) is 2. The summed E-state index contributed by atoms with van der Waals surface area (Å²) in [7, 11) is 1.57. The summed E-state index contributed by atoms with van der Waals surface area (Å²) in [5.74, 6) is 0.783. The summed E-state index contributed by atoms with van der Waals surface area (Å²) in [6.07, 6.45) is -1.29. The molecule has 0 aliphatic heterocycles. The van der Waals surface area contributed by atoms with Gasteiger partial charge in [0, 0.05) is 28.5 Å². The third kappa shape index (κ3) is 4.64. The van der Waals surface area contributed by atoms with Gasteiger partial charge in [-0.05, 0) is 77.0 Å². The van der Waals surface area contributed by atoms with Gasteiger partial charge in [-0.1, -0.05) is 54.5 Å². The summed E-state index contributed by atoms with van der Waals surface area (Å²) in [6.45, 7) is 14.0. The van der Waals surface area contributed by atoms with Gasteiger partial charge in [-0.25, -0.2) is 4.98 Å². The first-order chi connectivity index (χ1) is 17.1. The number of hydrogen-bond donors (Lipinski definition) is 0. The average Bonchev–Trinajstić information content (AvgIpc) is 3.15. The summed E-state index contributed by atoms with van der Waals surface area (Å²) in [5.41, 5.74) is 3.92. The third-order valence-electron chi connectivity index (χ3n) is 5.83. The van der Waals surface area contributed by atoms with E-state index in [1.54, 1.807) is 7.11 Å². The van der Waals surface area contributed by atoms with E-state index < -0.39 is 12.7 Å². The van der Waals surface area contributed by atoms with Crippen LogP contribution in [0.1, 0.15) is 70.6 Å². The second kappa shape index (κ2) is 8.85. The minimum atomic E-state index is -1.61. The van der Waals surface area contributed by atoms with Gasteiger partial charge in [-0.2, -0.15) is 0 Å². The van der Waals surface area contributed by atoms with E-state index in [-0.39, 0.29) is 17.3 Å². The molecule has 0 unspecified atom stereocenters. The minimum absolute atomic E-state index is 0.0604. The van der Waals surface area contributed by atoms with E-state index in [1.807, 2.05) is 70.3 Å². The Morgan fingerprint density at radius 3 is 2.24 bits per heavy atom. The predicted octanol–water partition coefficient (Wildman–Crippen LogP) is 7.88. The fourth-order valence-corrected chi connectivity index (χ4v) is 4.32. The van der Waals surface area contributed by atoms with Crippen LogP contribution in [0, 0.1) is 11.8 Å². The van der Waals surface area contributed by atoms with Gasteiger partial charge in [0.2, 0.25) is 0 Å². The number of methoxy groups -OCH3 is 1. The van der Waals surface area contributed by atoms with Crippen molar-refractivity contribution in [1.29, 1.82) is 0 Å². The van der Waals surface area contributed by atoms with E-state index in [0.717, 1.165) is 33.2 Å². The van der Waals surface area contributed by atoms with Gasteiger partial charge < -0.3 is 4.74 Å². The van der Waals surface area contributed by atoms with Crippen LogP contribution in [0.2, 0.25) is 0 Å². The molecule has 0 amide bonds. The van der Waals surface area contributed by atoms with Crippen LogP contribution in [0.15, 0.2) is 48.7 Å². The fraction of sp³-hybridized carbons (Fsp3) is 0.433. The lowest BCUT2D eigenvalue weighted by Gasteiger charge is -2.20. The van der Waals surface area contributed by atoms with Crippen LogP contribution in [0.4, 0.5) is 0 Å². The van der Waals surface area contributed by atoms with Crippen molar-refractivity contribution >= 4 is 21.8 Å². The molecule has 2 aromatic heterocycles. The first-order valence-electron chi connectivity index (χ1n) is 13.7. The summed E-state index contributed by atoms with van der Waals surface area (Å²) >= 11 is 0. The molecular weight excluding hydrogens is 404 g/mol. The molecule has 0 N–H and O–H groups in total. The summed E-state index contributed by atoms with van der Waals surface area (Å²) in [4.78, 5) is 4.72. The summed E-state index contributed by atoms with van der Waals surface area (Å²) in [6, 6.07) is 13.6. The Morgan fingerprint density at radius 1 is 0.909 bits per heavy atom. The lowest BCUT2D eigenvalue weighted by atomic mass is 9.88. The molecule has 0 aliphatic rings. The van der Waals surface area contributed by atoms with Gasteiger partial charge in [-0.15, -0.1) is 0 Å². The van der Waals surface area contributed by atoms with Gasteiger partial charge in [0.1, 0.15) is 11.6 Å². The number of fused-ring (bicyclic) bond motifs is 3. The molecule has 3 nitrogen and oxygen atoms in total. The molecule has 33 heavy (non-hydrogen) atoms. The standard InChI is InChI=1S/C30H38N2O/c1-19(2)13-21-9-10-26-24(15-21)25-16-22(14-20(3)4)28(33-8)18-27(25)32(26)29-17-23(11-12-31-29)30(5,6)7/h9-12,15-20H,13-14H2,1-8H3/i13D2,14D2. The third-order valence-corrected chi connectivity index (χ3v) is 5.83. The predicted molar refractivity (Wildman–Crippen MR) is 141 cm³/mol. The zero-order valence-corrected chi connectivity index (χ0v) is 21.1. The van der Waals surface area contributed by atoms with Gasteiger partial charge in [-0.3, -0.25) is 4.57 Å². The monoisotopic (exact) mass is 446 g/mol. The van der Waals surface area contributed by atoms with Gasteiger partial charge in [0.05, 0.1) is 18.1 Å². The topological polar surface area (TPSA) is 27.1 Å². The maximum absolute atomic E-state index is 8.82. The van der Waals surface area contributed by atoms with E-state index in [9.17, 15) is 0 Å². The molecule has 3 heteroatoms. The highest BCUT2D eigenvalue weighted by Gasteiger charge is 2.20. The van der Waals surface area contributed by atoms with Crippen LogP contribution in [-0.4, -0.2) is 16.7 Å². The van der Waals surface area contributed by atoms with Crippen molar-refractivity contribution in [3.05, 3.63) is 65.4 Å². The fourth-order valence-electron chi connectivity index (χ4n) is 4.32. The van der Waals surface area contributed by atoms with Crippen molar-refractivity contribution < 1.29 is 10.2 Å². The first-order valence-corrected chi connectivity index (χ1v) is 11.7. The summed E-state index contributed by atoms with van der Waals surface area (Å²) in [5, 5.41) is 1.71. The van der Waals surface area contributed by atoms with E-state index in [1.165, 1.54) is 0 Å². The van der Waals surface area contributed by atoms with Crippen LogP contribution >= 0.6 is 0 Å². The Hall–Kier alpha value is -2.81. The van der Waals surface area contributed by atoms with Crippen LogP contribution in [0.5, 0.6) is 5.75 Å². The van der Waals surface area contributed by atoms with Crippen LogP contribution in [0.3, 0.4) is 0 Å². The Kier molecular flexibility index (Phi) is 4.99. The Morgan fingerprint density at radius 2 is 1.61 bits per heavy atom. The van der Waals surface area contributed by atoms with E-state index in [4.69, 9.17) is 15.2 Å². The number of pyridine rings is 1. The maximum atomic E-state index is 8.82. The second-order valence-corrected chi connectivity index (χ2v) is 10.4. The molecule has 0 atom stereocenters. The molecule has 174 valence electrons. The lowest BCUT2D eigenvalue weighted by Crippen LogP contribution is -2.12. The molecule has 0 saturated carbocycles. The normalized spacial score (nSPS) is 15.1. The molecule has 4 rings (SSSR count). The van der Waals surface area contributed by atoms with Crippen molar-refractivity contribution in [2.45, 2.75) is 66.6 Å². The van der Waals surface area contributed by atoms with E-state index >= 15 is 0 Å². The first kappa shape index (κ1) is 18.6. The zero-order chi connectivity index (χ0) is 27.5. The van der Waals surface area contributed by atoms with Gasteiger partial charge in [0.25, 0.3) is 0 Å². The van der Waals surface area contributed by atoms with Crippen molar-refractivity contribution in [3.63, 3.8) is 0 Å². The molecular formula is C30H38N2O.